The number of unbranched alkanes of at least 4 members (excludes halogenated alkanes) is 7. The molecule has 3 rings (SSSR count). The van der Waals surface area contributed by atoms with Crippen LogP contribution in [0.5, 0.6) is 0 Å². The predicted octanol–water partition coefficient (Wildman–Crippen LogP) is 8.05. The zero-order chi connectivity index (χ0) is 32.7. The second-order valence-corrected chi connectivity index (χ2v) is 11.9. The van der Waals surface area contributed by atoms with Crippen LogP contribution in [0.3, 0.4) is 0 Å². The lowest BCUT2D eigenvalue weighted by molar-refractivity contribution is -0.123. The third kappa shape index (κ3) is 14.8. The normalized spacial score (nSPS) is 11.5. The first kappa shape index (κ1) is 36.3. The third-order valence-electron chi connectivity index (χ3n) is 8.21. The van der Waals surface area contributed by atoms with Crippen molar-refractivity contribution in [2.75, 3.05) is 13.1 Å². The molecule has 0 aliphatic heterocycles. The molecule has 3 N–H and O–H groups in total. The van der Waals surface area contributed by atoms with Crippen LogP contribution in [0, 0.1) is 0 Å². The van der Waals surface area contributed by atoms with Gasteiger partial charge in [0.05, 0.1) is 0 Å². The topological polar surface area (TPSA) is 96.5 Å². The van der Waals surface area contributed by atoms with E-state index in [4.69, 9.17) is 4.74 Å². The maximum absolute atomic E-state index is 13.4. The Labute approximate surface area is 275 Å². The van der Waals surface area contributed by atoms with Gasteiger partial charge in [-0.15, -0.1) is 0 Å². The molecule has 0 heterocycles. The monoisotopic (exact) mass is 627 g/mol. The number of amides is 3. The summed E-state index contributed by atoms with van der Waals surface area (Å²) in [7, 11) is 0. The summed E-state index contributed by atoms with van der Waals surface area (Å²) in [6.07, 6.45) is 10.8. The molecule has 0 aliphatic rings. The molecular formula is C39H53N3O4. The smallest absolute Gasteiger partial charge is 0.408 e. The van der Waals surface area contributed by atoms with Gasteiger partial charge in [0, 0.05) is 25.4 Å². The van der Waals surface area contributed by atoms with Crippen molar-refractivity contribution in [3.8, 4) is 0 Å². The number of ether oxygens (including phenoxy) is 1. The lowest BCUT2D eigenvalue weighted by Gasteiger charge is -2.21. The lowest BCUT2D eigenvalue weighted by Crippen LogP contribution is -2.47. The molecule has 0 aromatic heterocycles. The van der Waals surface area contributed by atoms with Gasteiger partial charge in [0.25, 0.3) is 0 Å². The van der Waals surface area contributed by atoms with Gasteiger partial charge in [0.1, 0.15) is 12.6 Å². The van der Waals surface area contributed by atoms with E-state index in [-0.39, 0.29) is 24.3 Å². The van der Waals surface area contributed by atoms with E-state index in [0.29, 0.717) is 32.4 Å². The second kappa shape index (κ2) is 22.4. The molecule has 7 nitrogen and oxygen atoms in total. The molecule has 0 saturated carbocycles. The van der Waals surface area contributed by atoms with E-state index in [2.05, 4.69) is 47.1 Å². The van der Waals surface area contributed by atoms with Crippen molar-refractivity contribution in [1.29, 1.82) is 0 Å². The van der Waals surface area contributed by atoms with Gasteiger partial charge in [0.2, 0.25) is 11.8 Å². The van der Waals surface area contributed by atoms with Crippen molar-refractivity contribution in [2.24, 2.45) is 0 Å². The molecule has 0 spiro atoms. The van der Waals surface area contributed by atoms with Crippen LogP contribution in [0.1, 0.15) is 107 Å². The van der Waals surface area contributed by atoms with Crippen LogP contribution >= 0.6 is 0 Å². The fourth-order valence-electron chi connectivity index (χ4n) is 5.57. The number of hydrogen-bond donors (Lipinski definition) is 3. The molecular weight excluding hydrogens is 574 g/mol. The number of hydrogen-bond acceptors (Lipinski definition) is 4. The largest absolute Gasteiger partial charge is 0.445 e. The Bertz CT molecular complexity index is 1210. The molecule has 1 atom stereocenters. The number of rotatable bonds is 22. The van der Waals surface area contributed by atoms with Crippen LogP contribution in [-0.2, 0) is 20.9 Å². The van der Waals surface area contributed by atoms with Crippen molar-refractivity contribution in [2.45, 2.75) is 103 Å². The van der Waals surface area contributed by atoms with Crippen LogP contribution in [0.25, 0.3) is 0 Å². The number of carbonyl (C=O) groups excluding carboxylic acids is 3. The summed E-state index contributed by atoms with van der Waals surface area (Å²) in [6.45, 7) is 3.35. The Morgan fingerprint density at radius 3 is 1.85 bits per heavy atom. The van der Waals surface area contributed by atoms with E-state index >= 15 is 0 Å². The van der Waals surface area contributed by atoms with Crippen molar-refractivity contribution in [3.63, 3.8) is 0 Å². The standard InChI is InChI=1S/C39H53N3O4/c1-2-3-4-5-6-7-17-27-37(43)40-29-19-18-26-36(42-39(45)46-31-32-20-11-8-12-21-32)38(44)41-30-28-35(33-22-13-9-14-23-33)34-24-15-10-16-25-34/h8-16,20-25,35-36H,2-7,17-19,26-31H2,1H3,(H,40,43)(H,41,44)(H,42,45). The minimum absolute atomic E-state index is 0.0804. The summed E-state index contributed by atoms with van der Waals surface area (Å²) >= 11 is 0. The summed E-state index contributed by atoms with van der Waals surface area (Å²) in [4.78, 5) is 38.3. The fourth-order valence-corrected chi connectivity index (χ4v) is 5.57. The van der Waals surface area contributed by atoms with Gasteiger partial charge in [-0.3, -0.25) is 9.59 Å². The predicted molar refractivity (Wildman–Crippen MR) is 185 cm³/mol. The third-order valence-corrected chi connectivity index (χ3v) is 8.21. The molecule has 1 unspecified atom stereocenters. The quantitative estimate of drug-likeness (QED) is 0.0983. The molecule has 0 aliphatic carbocycles. The van der Waals surface area contributed by atoms with Crippen molar-refractivity contribution >= 4 is 17.9 Å². The van der Waals surface area contributed by atoms with Gasteiger partial charge in [-0.05, 0) is 48.8 Å². The summed E-state index contributed by atoms with van der Waals surface area (Å²) < 4.78 is 5.41. The first-order valence-corrected chi connectivity index (χ1v) is 17.2. The van der Waals surface area contributed by atoms with Gasteiger partial charge in [-0.25, -0.2) is 4.79 Å². The van der Waals surface area contributed by atoms with Gasteiger partial charge in [-0.1, -0.05) is 136 Å². The van der Waals surface area contributed by atoms with Crippen LogP contribution in [0.15, 0.2) is 91.0 Å². The zero-order valence-electron chi connectivity index (χ0n) is 27.6. The van der Waals surface area contributed by atoms with Crippen LogP contribution < -0.4 is 16.0 Å². The Balaban J connectivity index is 1.47. The fraction of sp³-hybridized carbons (Fsp3) is 0.462. The molecule has 0 saturated heterocycles. The molecule has 0 fully saturated rings. The highest BCUT2D eigenvalue weighted by atomic mass is 16.5. The average Bonchev–Trinajstić information content (AvgIpc) is 3.09. The minimum atomic E-state index is -0.737. The van der Waals surface area contributed by atoms with Crippen LogP contribution in [-0.4, -0.2) is 37.0 Å². The van der Waals surface area contributed by atoms with E-state index in [1.165, 1.54) is 43.2 Å². The minimum Gasteiger partial charge on any atom is -0.445 e. The SMILES string of the molecule is CCCCCCCCCC(=O)NCCCCC(NC(=O)OCc1ccccc1)C(=O)NCCC(c1ccccc1)c1ccccc1. The van der Waals surface area contributed by atoms with Crippen LogP contribution in [0.2, 0.25) is 0 Å². The first-order chi connectivity index (χ1) is 22.6. The van der Waals surface area contributed by atoms with Crippen LogP contribution in [0.4, 0.5) is 4.79 Å². The van der Waals surface area contributed by atoms with Crippen molar-refractivity contribution in [3.05, 3.63) is 108 Å². The molecule has 0 bridgehead atoms. The van der Waals surface area contributed by atoms with Gasteiger partial charge >= 0.3 is 6.09 Å². The number of alkyl carbamates (subject to hydrolysis) is 1. The average molecular weight is 628 g/mol. The maximum atomic E-state index is 13.4. The van der Waals surface area contributed by atoms with Gasteiger partial charge < -0.3 is 20.7 Å². The van der Waals surface area contributed by atoms with E-state index < -0.39 is 12.1 Å². The highest BCUT2D eigenvalue weighted by molar-refractivity contribution is 5.85. The molecule has 248 valence electrons. The summed E-state index contributed by atoms with van der Waals surface area (Å²) in [5.74, 6) is -0.0222. The van der Waals surface area contributed by atoms with E-state index in [0.717, 1.165) is 31.2 Å². The highest BCUT2D eigenvalue weighted by Gasteiger charge is 2.22. The number of benzene rings is 3. The highest BCUT2D eigenvalue weighted by Crippen LogP contribution is 2.27. The molecule has 0 radical (unpaired) electrons. The Hall–Kier alpha value is -4.13. The molecule has 3 amide bonds. The second-order valence-electron chi connectivity index (χ2n) is 11.9. The van der Waals surface area contributed by atoms with Gasteiger partial charge in [-0.2, -0.15) is 0 Å². The summed E-state index contributed by atoms with van der Waals surface area (Å²) in [5, 5.41) is 8.84. The Morgan fingerprint density at radius 1 is 0.630 bits per heavy atom. The zero-order valence-corrected chi connectivity index (χ0v) is 27.6. The molecule has 3 aromatic carbocycles. The lowest BCUT2D eigenvalue weighted by atomic mass is 9.88. The van der Waals surface area contributed by atoms with E-state index in [9.17, 15) is 14.4 Å². The summed E-state index contributed by atoms with van der Waals surface area (Å²) in [5.41, 5.74) is 3.26. The van der Waals surface area contributed by atoms with Crippen molar-refractivity contribution in [1.82, 2.24) is 16.0 Å². The molecule has 46 heavy (non-hydrogen) atoms. The van der Waals surface area contributed by atoms with E-state index in [1.807, 2.05) is 66.7 Å². The number of carbonyl (C=O) groups is 3. The molecule has 7 heteroatoms. The first-order valence-electron chi connectivity index (χ1n) is 17.2. The number of nitrogens with one attached hydrogen (secondary N) is 3. The Kier molecular flexibility index (Phi) is 17.7. The Morgan fingerprint density at radius 2 is 1.22 bits per heavy atom. The van der Waals surface area contributed by atoms with Gasteiger partial charge in [0.15, 0.2) is 0 Å². The molecule has 3 aromatic rings. The maximum Gasteiger partial charge on any atom is 0.408 e. The van der Waals surface area contributed by atoms with E-state index in [1.54, 1.807) is 0 Å². The summed E-state index contributed by atoms with van der Waals surface area (Å²) in [6, 6.07) is 29.3. The van der Waals surface area contributed by atoms with Crippen molar-refractivity contribution < 1.29 is 19.1 Å².